The van der Waals surface area contributed by atoms with Gasteiger partial charge < -0.3 is 9.84 Å². The van der Waals surface area contributed by atoms with Gasteiger partial charge in [0.05, 0.1) is 5.69 Å². The minimum atomic E-state index is -1.33. The van der Waals surface area contributed by atoms with Gasteiger partial charge in [-0.1, -0.05) is 11.6 Å². The Kier molecular flexibility index (Phi) is 4.07. The van der Waals surface area contributed by atoms with E-state index in [9.17, 15) is 9.59 Å². The summed E-state index contributed by atoms with van der Waals surface area (Å²) in [7, 11) is 0. The van der Waals surface area contributed by atoms with Crippen molar-refractivity contribution >= 4 is 29.4 Å². The smallest absolute Gasteiger partial charge is 0.412 e. The van der Waals surface area contributed by atoms with Crippen LogP contribution < -0.4 is 5.32 Å². The van der Waals surface area contributed by atoms with Gasteiger partial charge in [0, 0.05) is 6.07 Å². The molecule has 0 unspecified atom stereocenters. The maximum atomic E-state index is 11.5. The van der Waals surface area contributed by atoms with Gasteiger partial charge >= 0.3 is 12.1 Å². The first-order valence-electron chi connectivity index (χ1n) is 4.95. The highest BCUT2D eigenvalue weighted by Crippen LogP contribution is 2.18. The normalized spacial score (nSPS) is 10.9. The number of amides is 1. The van der Waals surface area contributed by atoms with E-state index in [4.69, 9.17) is 21.4 Å². The summed E-state index contributed by atoms with van der Waals surface area (Å²) in [5, 5.41) is 17.8. The minimum absolute atomic E-state index is 0.0361. The van der Waals surface area contributed by atoms with Crippen LogP contribution >= 0.6 is 11.6 Å². The number of carboxylic acid groups (broad SMARTS) is 1. The third-order valence-corrected chi connectivity index (χ3v) is 1.79. The second kappa shape index (κ2) is 5.18. The van der Waals surface area contributed by atoms with Crippen LogP contribution in [0.5, 0.6) is 0 Å². The molecular formula is C10H12ClN3O4. The van der Waals surface area contributed by atoms with E-state index in [0.717, 1.165) is 0 Å². The molecule has 0 saturated carbocycles. The predicted octanol–water partition coefficient (Wildman–Crippen LogP) is 2.18. The Bertz CT molecular complexity index is 485. The SMILES string of the molecule is CC(C)(C)OC(=O)Nc1cc(Cl)nnc1C(=O)O. The largest absolute Gasteiger partial charge is 0.476 e. The molecule has 0 aliphatic carbocycles. The van der Waals surface area contributed by atoms with E-state index in [1.165, 1.54) is 6.07 Å². The molecule has 0 fully saturated rings. The fourth-order valence-electron chi connectivity index (χ4n) is 1.03. The van der Waals surface area contributed by atoms with Crippen molar-refractivity contribution in [2.24, 2.45) is 0 Å². The van der Waals surface area contributed by atoms with E-state index < -0.39 is 23.4 Å². The third-order valence-electron chi connectivity index (χ3n) is 1.60. The van der Waals surface area contributed by atoms with Gasteiger partial charge in [0.1, 0.15) is 5.60 Å². The number of hydrogen-bond acceptors (Lipinski definition) is 5. The molecule has 0 bridgehead atoms. The average molecular weight is 274 g/mol. The quantitative estimate of drug-likeness (QED) is 0.856. The first kappa shape index (κ1) is 14.2. The van der Waals surface area contributed by atoms with Crippen molar-refractivity contribution in [2.45, 2.75) is 26.4 Å². The van der Waals surface area contributed by atoms with Crippen LogP contribution in [0.1, 0.15) is 31.3 Å². The van der Waals surface area contributed by atoms with Gasteiger partial charge in [-0.25, -0.2) is 9.59 Å². The Labute approximate surface area is 108 Å². The lowest BCUT2D eigenvalue weighted by molar-refractivity contribution is 0.0636. The summed E-state index contributed by atoms with van der Waals surface area (Å²) in [4.78, 5) is 22.4. The van der Waals surface area contributed by atoms with Gasteiger partial charge in [0.2, 0.25) is 0 Å². The van der Waals surface area contributed by atoms with E-state index in [0.29, 0.717) is 0 Å². The molecule has 18 heavy (non-hydrogen) atoms. The number of nitrogens with one attached hydrogen (secondary N) is 1. The molecule has 7 nitrogen and oxygen atoms in total. The number of anilines is 1. The lowest BCUT2D eigenvalue weighted by atomic mass is 10.2. The monoisotopic (exact) mass is 273 g/mol. The summed E-state index contributed by atoms with van der Waals surface area (Å²) < 4.78 is 4.98. The molecule has 0 aromatic carbocycles. The number of aromatic nitrogens is 2. The van der Waals surface area contributed by atoms with Crippen molar-refractivity contribution in [1.82, 2.24) is 10.2 Å². The van der Waals surface area contributed by atoms with Crippen molar-refractivity contribution < 1.29 is 19.4 Å². The van der Waals surface area contributed by atoms with Crippen LogP contribution in [0.4, 0.5) is 10.5 Å². The van der Waals surface area contributed by atoms with Crippen molar-refractivity contribution in [1.29, 1.82) is 0 Å². The summed E-state index contributed by atoms with van der Waals surface area (Å²) >= 11 is 5.58. The molecule has 0 aliphatic rings. The number of ether oxygens (including phenoxy) is 1. The number of nitrogens with zero attached hydrogens (tertiary/aromatic N) is 2. The number of halogens is 1. The maximum Gasteiger partial charge on any atom is 0.412 e. The number of hydrogen-bond donors (Lipinski definition) is 2. The Hall–Kier alpha value is -1.89. The Morgan fingerprint density at radius 3 is 2.50 bits per heavy atom. The molecule has 1 heterocycles. The van der Waals surface area contributed by atoms with Crippen LogP contribution in [-0.4, -0.2) is 33.0 Å². The lowest BCUT2D eigenvalue weighted by Crippen LogP contribution is -2.28. The molecule has 0 spiro atoms. The van der Waals surface area contributed by atoms with E-state index in [-0.39, 0.29) is 10.8 Å². The van der Waals surface area contributed by atoms with Crippen LogP contribution in [-0.2, 0) is 4.74 Å². The highest BCUT2D eigenvalue weighted by atomic mass is 35.5. The van der Waals surface area contributed by atoms with Crippen LogP contribution in [0, 0.1) is 0 Å². The number of carboxylic acids is 1. The summed E-state index contributed by atoms with van der Waals surface area (Å²) in [6.45, 7) is 5.05. The predicted molar refractivity (Wildman–Crippen MR) is 63.9 cm³/mol. The zero-order chi connectivity index (χ0) is 13.9. The minimum Gasteiger partial charge on any atom is -0.476 e. The van der Waals surface area contributed by atoms with Crippen molar-refractivity contribution in [2.75, 3.05) is 5.32 Å². The van der Waals surface area contributed by atoms with Crippen molar-refractivity contribution in [3.05, 3.63) is 16.9 Å². The van der Waals surface area contributed by atoms with Crippen LogP contribution in [0.25, 0.3) is 0 Å². The topological polar surface area (TPSA) is 101 Å². The Balaban J connectivity index is 2.93. The van der Waals surface area contributed by atoms with Crippen molar-refractivity contribution in [3.8, 4) is 0 Å². The molecule has 1 amide bonds. The standard InChI is InChI=1S/C10H12ClN3O4/c1-10(2,3)18-9(17)12-5-4-6(11)13-14-7(5)8(15)16/h4H,1-3H3,(H,15,16)(H,12,13,17). The summed E-state index contributed by atoms with van der Waals surface area (Å²) in [5.41, 5.74) is -1.18. The zero-order valence-electron chi connectivity index (χ0n) is 10.0. The van der Waals surface area contributed by atoms with Crippen molar-refractivity contribution in [3.63, 3.8) is 0 Å². The van der Waals surface area contributed by atoms with Gasteiger partial charge in [-0.2, -0.15) is 0 Å². The van der Waals surface area contributed by atoms with Gasteiger partial charge in [-0.15, -0.1) is 10.2 Å². The summed E-state index contributed by atoms with van der Waals surface area (Å²) in [6.07, 6.45) is -0.797. The molecule has 1 aromatic heterocycles. The second-order valence-corrected chi connectivity index (χ2v) is 4.75. The molecule has 98 valence electrons. The molecular weight excluding hydrogens is 262 g/mol. The van der Waals surface area contributed by atoms with E-state index in [1.54, 1.807) is 20.8 Å². The number of carbonyl (C=O) groups excluding carboxylic acids is 1. The molecule has 0 saturated heterocycles. The maximum absolute atomic E-state index is 11.5. The van der Waals surface area contributed by atoms with Crippen LogP contribution in [0.3, 0.4) is 0 Å². The lowest BCUT2D eigenvalue weighted by Gasteiger charge is -2.19. The number of aromatic carboxylic acids is 1. The van der Waals surface area contributed by atoms with Gasteiger partial charge in [0.25, 0.3) is 0 Å². The Morgan fingerprint density at radius 1 is 1.39 bits per heavy atom. The second-order valence-electron chi connectivity index (χ2n) is 4.36. The molecule has 0 aliphatic heterocycles. The van der Waals surface area contributed by atoms with Gasteiger partial charge in [-0.3, -0.25) is 5.32 Å². The fraction of sp³-hybridized carbons (Fsp3) is 0.400. The summed E-state index contributed by atoms with van der Waals surface area (Å²) in [5.74, 6) is -1.33. The summed E-state index contributed by atoms with van der Waals surface area (Å²) in [6, 6.07) is 1.18. The number of carbonyl (C=O) groups is 2. The van der Waals surface area contributed by atoms with E-state index in [2.05, 4.69) is 15.5 Å². The Morgan fingerprint density at radius 2 is 2.00 bits per heavy atom. The van der Waals surface area contributed by atoms with E-state index >= 15 is 0 Å². The average Bonchev–Trinajstić information content (AvgIpc) is 2.13. The molecule has 0 atom stereocenters. The highest BCUT2D eigenvalue weighted by molar-refractivity contribution is 6.29. The third kappa shape index (κ3) is 4.17. The molecule has 8 heteroatoms. The molecule has 1 rings (SSSR count). The molecule has 2 N–H and O–H groups in total. The fourth-order valence-corrected chi connectivity index (χ4v) is 1.18. The first-order chi connectivity index (χ1) is 8.19. The highest BCUT2D eigenvalue weighted by Gasteiger charge is 2.20. The van der Waals surface area contributed by atoms with Gasteiger partial charge in [-0.05, 0) is 20.8 Å². The molecule has 0 radical (unpaired) electrons. The van der Waals surface area contributed by atoms with Crippen LogP contribution in [0.15, 0.2) is 6.07 Å². The van der Waals surface area contributed by atoms with Gasteiger partial charge in [0.15, 0.2) is 10.8 Å². The van der Waals surface area contributed by atoms with Crippen LogP contribution in [0.2, 0.25) is 5.15 Å². The first-order valence-corrected chi connectivity index (χ1v) is 5.33. The number of rotatable bonds is 2. The molecule has 1 aromatic rings. The van der Waals surface area contributed by atoms with E-state index in [1.807, 2.05) is 0 Å². The zero-order valence-corrected chi connectivity index (χ0v) is 10.8.